The highest BCUT2D eigenvalue weighted by atomic mass is 31.1. The highest BCUT2D eigenvalue weighted by molar-refractivity contribution is 7.43. The summed E-state index contributed by atoms with van der Waals surface area (Å²) in [5, 5.41) is 0.481. The Morgan fingerprint density at radius 3 is 1.58 bits per heavy atom. The molecule has 2 fully saturated rings. The minimum atomic E-state index is 0.481. The molecular weight excluding hydrogens is 247 g/mol. The summed E-state index contributed by atoms with van der Waals surface area (Å²) in [6.07, 6.45) is 14.8. The molecule has 110 valence electrons. The van der Waals surface area contributed by atoms with E-state index in [2.05, 4.69) is 26.6 Å². The zero-order valence-corrected chi connectivity index (χ0v) is 14.3. The fourth-order valence-corrected chi connectivity index (χ4v) is 4.81. The third kappa shape index (κ3) is 5.22. The Morgan fingerprint density at radius 1 is 0.789 bits per heavy atom. The van der Waals surface area contributed by atoms with Gasteiger partial charge in [-0.3, -0.25) is 0 Å². The molecule has 0 aromatic rings. The Morgan fingerprint density at radius 2 is 1.21 bits per heavy atom. The fraction of sp³-hybridized carbons (Fsp3) is 0.889. The molecule has 0 bridgehead atoms. The van der Waals surface area contributed by atoms with Gasteiger partial charge in [0.05, 0.1) is 0 Å². The van der Waals surface area contributed by atoms with E-state index in [-0.39, 0.29) is 0 Å². The lowest BCUT2D eigenvalue weighted by molar-refractivity contribution is 0.327. The molecule has 0 heterocycles. The van der Waals surface area contributed by atoms with Gasteiger partial charge in [0, 0.05) is 0 Å². The topological polar surface area (TPSA) is 0 Å². The maximum absolute atomic E-state index is 2.70. The van der Waals surface area contributed by atoms with Crippen molar-refractivity contribution in [2.75, 3.05) is 0 Å². The van der Waals surface area contributed by atoms with Gasteiger partial charge in [0.25, 0.3) is 0 Å². The van der Waals surface area contributed by atoms with E-state index in [1.807, 2.05) is 5.57 Å². The number of hydrogen-bond acceptors (Lipinski definition) is 0. The van der Waals surface area contributed by atoms with Crippen molar-refractivity contribution in [3.8, 4) is 0 Å². The second-order valence-corrected chi connectivity index (χ2v) is 9.79. The molecule has 2 saturated carbocycles. The van der Waals surface area contributed by atoms with Crippen LogP contribution < -0.4 is 0 Å². The van der Waals surface area contributed by atoms with Gasteiger partial charge in [0.1, 0.15) is 0 Å². The summed E-state index contributed by atoms with van der Waals surface area (Å²) in [5.41, 5.74) is 1.90. The largest absolute Gasteiger partial charge is 0.0929 e. The summed E-state index contributed by atoms with van der Waals surface area (Å²) >= 11 is 0. The molecule has 1 heteroatoms. The molecule has 0 aromatic heterocycles. The Balaban J connectivity index is 2.06. The molecule has 0 aromatic carbocycles. The van der Waals surface area contributed by atoms with Crippen molar-refractivity contribution in [3.05, 3.63) is 11.4 Å². The van der Waals surface area contributed by atoms with Crippen molar-refractivity contribution < 1.29 is 0 Å². The predicted molar refractivity (Wildman–Crippen MR) is 89.3 cm³/mol. The number of allylic oxidation sites excluding steroid dienone is 1. The SMILES string of the molecule is CC(C)(C)PC=C(C1CCCCC1)C1CCCCC1. The van der Waals surface area contributed by atoms with Gasteiger partial charge in [-0.2, -0.15) is 0 Å². The normalized spacial score (nSPS) is 23.9. The summed E-state index contributed by atoms with van der Waals surface area (Å²) in [6, 6.07) is 0. The van der Waals surface area contributed by atoms with E-state index in [0.29, 0.717) is 5.16 Å². The van der Waals surface area contributed by atoms with Gasteiger partial charge < -0.3 is 0 Å². The Labute approximate surface area is 122 Å². The van der Waals surface area contributed by atoms with E-state index < -0.39 is 0 Å². The van der Waals surface area contributed by atoms with Crippen LogP contribution in [0, 0.1) is 11.8 Å². The summed E-state index contributed by atoms with van der Waals surface area (Å²) in [7, 11) is 1.01. The van der Waals surface area contributed by atoms with Crippen molar-refractivity contribution in [1.29, 1.82) is 0 Å². The Bertz CT molecular complexity index is 265. The van der Waals surface area contributed by atoms with Crippen LogP contribution in [0.1, 0.15) is 85.0 Å². The summed E-state index contributed by atoms with van der Waals surface area (Å²) < 4.78 is 0. The number of rotatable bonds is 3. The molecule has 0 nitrogen and oxygen atoms in total. The highest BCUT2D eigenvalue weighted by Gasteiger charge is 2.26. The lowest BCUT2D eigenvalue weighted by Crippen LogP contribution is -2.19. The monoisotopic (exact) mass is 280 g/mol. The van der Waals surface area contributed by atoms with Crippen LogP contribution in [-0.2, 0) is 0 Å². The van der Waals surface area contributed by atoms with Gasteiger partial charge in [0.15, 0.2) is 0 Å². The molecule has 1 unspecified atom stereocenters. The zero-order valence-electron chi connectivity index (χ0n) is 13.3. The first-order chi connectivity index (χ1) is 9.06. The molecule has 0 saturated heterocycles. The molecule has 19 heavy (non-hydrogen) atoms. The van der Waals surface area contributed by atoms with Gasteiger partial charge in [-0.25, -0.2) is 0 Å². The third-order valence-electron chi connectivity index (χ3n) is 4.83. The van der Waals surface area contributed by atoms with Crippen LogP contribution in [0.2, 0.25) is 0 Å². The zero-order chi connectivity index (χ0) is 13.7. The molecule has 0 amide bonds. The summed E-state index contributed by atoms with van der Waals surface area (Å²) in [6.45, 7) is 7.17. The second-order valence-electron chi connectivity index (χ2n) is 7.71. The van der Waals surface area contributed by atoms with E-state index in [4.69, 9.17) is 0 Å². The molecule has 1 atom stereocenters. The first kappa shape index (κ1) is 15.6. The minimum Gasteiger partial charge on any atom is -0.0929 e. The van der Waals surface area contributed by atoms with Crippen LogP contribution in [0.5, 0.6) is 0 Å². The third-order valence-corrected chi connectivity index (χ3v) is 6.17. The van der Waals surface area contributed by atoms with E-state index in [9.17, 15) is 0 Å². The lowest BCUT2D eigenvalue weighted by atomic mass is 9.74. The van der Waals surface area contributed by atoms with Crippen LogP contribution in [0.3, 0.4) is 0 Å². The van der Waals surface area contributed by atoms with E-state index in [1.54, 1.807) is 0 Å². The minimum absolute atomic E-state index is 0.481. The Kier molecular flexibility index (Phi) is 5.94. The number of hydrogen-bond donors (Lipinski definition) is 0. The van der Waals surface area contributed by atoms with E-state index in [0.717, 1.165) is 20.4 Å². The summed E-state index contributed by atoms with van der Waals surface area (Å²) in [5.74, 6) is 4.60. The van der Waals surface area contributed by atoms with E-state index in [1.165, 1.54) is 64.2 Å². The molecule has 0 N–H and O–H groups in total. The van der Waals surface area contributed by atoms with Crippen LogP contribution in [0.25, 0.3) is 0 Å². The summed E-state index contributed by atoms with van der Waals surface area (Å²) in [4.78, 5) is 0. The van der Waals surface area contributed by atoms with Crippen LogP contribution in [-0.4, -0.2) is 5.16 Å². The lowest BCUT2D eigenvalue weighted by Gasteiger charge is -2.33. The molecule has 2 aliphatic carbocycles. The fourth-order valence-electron chi connectivity index (χ4n) is 3.74. The predicted octanol–water partition coefficient (Wildman–Crippen LogP) is 6.51. The van der Waals surface area contributed by atoms with Crippen molar-refractivity contribution in [2.45, 2.75) is 90.1 Å². The van der Waals surface area contributed by atoms with Gasteiger partial charge in [-0.05, 0) is 42.7 Å². The van der Waals surface area contributed by atoms with Crippen molar-refractivity contribution >= 4 is 8.58 Å². The average molecular weight is 280 g/mol. The van der Waals surface area contributed by atoms with E-state index >= 15 is 0 Å². The molecule has 0 aliphatic heterocycles. The average Bonchev–Trinajstić information content (AvgIpc) is 2.40. The standard InChI is InChI=1S/C18H33P/c1-18(2,3)19-14-17(15-10-6-4-7-11-15)16-12-8-5-9-13-16/h14-16,19H,4-13H2,1-3H3. The quantitative estimate of drug-likeness (QED) is 0.517. The molecule has 2 aliphatic rings. The first-order valence-corrected chi connectivity index (χ1v) is 9.62. The van der Waals surface area contributed by atoms with Gasteiger partial charge in [-0.1, -0.05) is 79.3 Å². The van der Waals surface area contributed by atoms with Gasteiger partial charge in [-0.15, -0.1) is 0 Å². The van der Waals surface area contributed by atoms with Crippen LogP contribution >= 0.6 is 8.58 Å². The van der Waals surface area contributed by atoms with Crippen molar-refractivity contribution in [2.24, 2.45) is 11.8 Å². The van der Waals surface area contributed by atoms with Crippen molar-refractivity contribution in [1.82, 2.24) is 0 Å². The highest BCUT2D eigenvalue weighted by Crippen LogP contribution is 2.43. The molecule has 0 radical (unpaired) electrons. The molecule has 0 spiro atoms. The maximum atomic E-state index is 2.70. The van der Waals surface area contributed by atoms with Crippen molar-refractivity contribution in [3.63, 3.8) is 0 Å². The van der Waals surface area contributed by atoms with Crippen LogP contribution in [0.15, 0.2) is 11.4 Å². The Hall–Kier alpha value is 0.170. The van der Waals surface area contributed by atoms with Gasteiger partial charge in [0.2, 0.25) is 0 Å². The molecular formula is C18H33P. The second kappa shape index (κ2) is 7.26. The first-order valence-electron chi connectivity index (χ1n) is 8.54. The smallest absolute Gasteiger partial charge is 0.0172 e. The molecule has 2 rings (SSSR count). The van der Waals surface area contributed by atoms with Crippen LogP contribution in [0.4, 0.5) is 0 Å². The maximum Gasteiger partial charge on any atom is -0.0172 e. The van der Waals surface area contributed by atoms with Gasteiger partial charge >= 0.3 is 0 Å².